The molecule has 0 saturated carbocycles. The van der Waals surface area contributed by atoms with Crippen LogP contribution >= 0.6 is 22.7 Å². The second kappa shape index (κ2) is 10.3. The third-order valence-corrected chi connectivity index (χ3v) is 9.74. The van der Waals surface area contributed by atoms with Crippen molar-refractivity contribution in [1.82, 2.24) is 9.97 Å². The fourth-order valence-corrected chi connectivity index (χ4v) is 7.26. The molecule has 13 heteroatoms. The molecule has 0 aliphatic heterocycles. The van der Waals surface area contributed by atoms with E-state index in [1.807, 2.05) is 0 Å². The van der Waals surface area contributed by atoms with Gasteiger partial charge in [0.2, 0.25) is 9.84 Å². The fourth-order valence-electron chi connectivity index (χ4n) is 3.99. The smallest absolute Gasteiger partial charge is 0.257 e. The number of carbonyl (C=O) groups is 2. The second-order valence-corrected chi connectivity index (χ2v) is 13.0. The highest BCUT2D eigenvalue weighted by atomic mass is 32.2. The Hall–Kier alpha value is -4.85. The number of aromatic nitrogens is 2. The Balaban J connectivity index is 1.23. The average Bonchev–Trinajstić information content (AvgIpc) is 3.55. The summed E-state index contributed by atoms with van der Waals surface area (Å²) in [6.07, 6.45) is 0. The number of fused-ring (bicyclic) bond motifs is 2. The van der Waals surface area contributed by atoms with E-state index in [1.54, 1.807) is 60.7 Å². The molecule has 0 radical (unpaired) electrons. The van der Waals surface area contributed by atoms with E-state index in [-0.39, 0.29) is 21.6 Å². The zero-order valence-electron chi connectivity index (χ0n) is 21.0. The number of nitrogens with one attached hydrogen (secondary N) is 2. The Kier molecular flexibility index (Phi) is 6.61. The second-order valence-electron chi connectivity index (χ2n) is 8.95. The van der Waals surface area contributed by atoms with Gasteiger partial charge in [-0.2, -0.15) is 0 Å². The number of amides is 2. The van der Waals surface area contributed by atoms with Crippen molar-refractivity contribution in [1.29, 1.82) is 0 Å². The summed E-state index contributed by atoms with van der Waals surface area (Å²) in [5.41, 5.74) is 14.4. The summed E-state index contributed by atoms with van der Waals surface area (Å²) in [5.74, 6) is -0.697. The van der Waals surface area contributed by atoms with Crippen molar-refractivity contribution < 1.29 is 18.0 Å². The highest BCUT2D eigenvalue weighted by molar-refractivity contribution is 7.91. The quantitative estimate of drug-likeness (QED) is 0.184. The van der Waals surface area contributed by atoms with Crippen LogP contribution in [-0.2, 0) is 9.84 Å². The van der Waals surface area contributed by atoms with Crippen LogP contribution in [0.5, 0.6) is 0 Å². The molecule has 0 spiro atoms. The van der Waals surface area contributed by atoms with Gasteiger partial charge in [0.1, 0.15) is 0 Å². The van der Waals surface area contributed by atoms with Crippen molar-refractivity contribution in [3.05, 3.63) is 96.1 Å². The number of hydrogen-bond donors (Lipinski definition) is 4. The Morgan fingerprint density at radius 2 is 1.00 bits per heavy atom. The molecule has 2 heterocycles. The number of carbonyl (C=O) groups excluding carboxylic acids is 2. The minimum atomic E-state index is -3.88. The van der Waals surface area contributed by atoms with Crippen LogP contribution in [0.4, 0.5) is 21.6 Å². The van der Waals surface area contributed by atoms with Crippen LogP contribution in [0.15, 0.2) is 94.7 Å². The zero-order valence-corrected chi connectivity index (χ0v) is 23.4. The summed E-state index contributed by atoms with van der Waals surface area (Å²) in [7, 11) is -3.88. The maximum absolute atomic E-state index is 13.5. The maximum atomic E-state index is 13.5. The molecule has 6 aromatic rings. The Morgan fingerprint density at radius 1 is 0.610 bits per heavy atom. The molecular weight excluding hydrogens is 581 g/mol. The monoisotopic (exact) mass is 600 g/mol. The number of benzene rings is 4. The predicted molar refractivity (Wildman–Crippen MR) is 162 cm³/mol. The molecule has 0 saturated heterocycles. The van der Waals surface area contributed by atoms with Gasteiger partial charge in [0.25, 0.3) is 11.8 Å². The van der Waals surface area contributed by atoms with Crippen molar-refractivity contribution in [2.75, 3.05) is 22.1 Å². The number of rotatable bonds is 6. The van der Waals surface area contributed by atoms with E-state index in [0.717, 1.165) is 0 Å². The van der Waals surface area contributed by atoms with Crippen LogP contribution in [0.25, 0.3) is 20.4 Å². The molecule has 0 atom stereocenters. The number of hydrogen-bond acceptors (Lipinski definition) is 10. The first-order valence-corrected chi connectivity index (χ1v) is 15.2. The van der Waals surface area contributed by atoms with Crippen LogP contribution in [0.1, 0.15) is 20.7 Å². The van der Waals surface area contributed by atoms with Crippen LogP contribution in [0.2, 0.25) is 0 Å². The van der Waals surface area contributed by atoms with Crippen LogP contribution in [0.3, 0.4) is 0 Å². The van der Waals surface area contributed by atoms with Gasteiger partial charge in [0.05, 0.1) is 30.2 Å². The average molecular weight is 601 g/mol. The topological polar surface area (TPSA) is 170 Å². The van der Waals surface area contributed by atoms with E-state index in [4.69, 9.17) is 11.5 Å². The van der Waals surface area contributed by atoms with Gasteiger partial charge in [-0.1, -0.05) is 22.7 Å². The molecule has 0 bridgehead atoms. The van der Waals surface area contributed by atoms with E-state index in [0.29, 0.717) is 53.2 Å². The molecule has 6 rings (SSSR count). The summed E-state index contributed by atoms with van der Waals surface area (Å²) in [5, 5.41) is 6.17. The lowest BCUT2D eigenvalue weighted by Gasteiger charge is -2.04. The third kappa shape index (κ3) is 5.33. The Bertz CT molecular complexity index is 1930. The van der Waals surface area contributed by atoms with Crippen molar-refractivity contribution in [3.63, 3.8) is 0 Å². The standard InChI is InChI=1S/C28H20N6O4S3/c29-17-5-1-15(2-6-17)25(35)33-27-31-21-11-9-19(13-23(21)39-27)41(37,38)20-10-12-22-24(14-20)40-28(32-22)34-26(36)16-3-7-18(30)8-4-16/h1-14H,29-30H2,(H,31,33,35)(H,32,34,36). The van der Waals surface area contributed by atoms with Crippen molar-refractivity contribution in [2.24, 2.45) is 0 Å². The molecule has 204 valence electrons. The summed E-state index contributed by atoms with van der Waals surface area (Å²) >= 11 is 2.34. The zero-order chi connectivity index (χ0) is 28.7. The minimum absolute atomic E-state index is 0.0887. The molecule has 0 aliphatic carbocycles. The number of nitrogen functional groups attached to an aromatic ring is 2. The minimum Gasteiger partial charge on any atom is -0.399 e. The SMILES string of the molecule is Nc1ccc(C(=O)Nc2nc3ccc(S(=O)(=O)c4ccc5nc(NC(=O)c6ccc(N)cc6)sc5c4)cc3s2)cc1. The molecule has 0 aliphatic rings. The van der Waals surface area contributed by atoms with Crippen LogP contribution in [0, 0.1) is 0 Å². The van der Waals surface area contributed by atoms with Gasteiger partial charge in [-0.15, -0.1) is 0 Å². The van der Waals surface area contributed by atoms with Gasteiger partial charge in [-0.3, -0.25) is 20.2 Å². The van der Waals surface area contributed by atoms with Gasteiger partial charge in [-0.05, 0) is 84.9 Å². The molecule has 10 nitrogen and oxygen atoms in total. The van der Waals surface area contributed by atoms with Gasteiger partial charge in [0.15, 0.2) is 10.3 Å². The fraction of sp³-hybridized carbons (Fsp3) is 0. The number of nitrogens with zero attached hydrogens (tertiary/aromatic N) is 2. The highest BCUT2D eigenvalue weighted by Crippen LogP contribution is 2.33. The van der Waals surface area contributed by atoms with E-state index >= 15 is 0 Å². The van der Waals surface area contributed by atoms with Gasteiger partial charge < -0.3 is 11.5 Å². The molecule has 4 aromatic carbocycles. The highest BCUT2D eigenvalue weighted by Gasteiger charge is 2.21. The number of thiazole rings is 2. The number of nitrogens with two attached hydrogens (primary N) is 2. The molecule has 0 fully saturated rings. The summed E-state index contributed by atoms with van der Waals surface area (Å²) in [6, 6.07) is 22.2. The number of anilines is 4. The van der Waals surface area contributed by atoms with Crippen molar-refractivity contribution >= 4 is 86.4 Å². The summed E-state index contributed by atoms with van der Waals surface area (Å²) in [6.45, 7) is 0. The molecule has 41 heavy (non-hydrogen) atoms. The van der Waals surface area contributed by atoms with Crippen LogP contribution in [-0.4, -0.2) is 30.2 Å². The Morgan fingerprint density at radius 3 is 1.39 bits per heavy atom. The molecular formula is C28H20N6O4S3. The third-order valence-electron chi connectivity index (χ3n) is 6.13. The summed E-state index contributed by atoms with van der Waals surface area (Å²) < 4.78 is 28.3. The first kappa shape index (κ1) is 26.4. The number of sulfone groups is 1. The van der Waals surface area contributed by atoms with Gasteiger partial charge in [-0.25, -0.2) is 18.4 Å². The molecule has 6 N–H and O–H groups in total. The molecule has 0 unspecified atom stereocenters. The molecule has 2 amide bonds. The first-order valence-electron chi connectivity index (χ1n) is 12.1. The molecule has 2 aromatic heterocycles. The van der Waals surface area contributed by atoms with Gasteiger partial charge >= 0.3 is 0 Å². The summed E-state index contributed by atoms with van der Waals surface area (Å²) in [4.78, 5) is 34.1. The van der Waals surface area contributed by atoms with E-state index in [2.05, 4.69) is 20.6 Å². The lowest BCUT2D eigenvalue weighted by atomic mass is 10.2. The largest absolute Gasteiger partial charge is 0.399 e. The predicted octanol–water partition coefficient (Wildman–Crippen LogP) is 5.41. The lowest BCUT2D eigenvalue weighted by molar-refractivity contribution is 0.101. The van der Waals surface area contributed by atoms with Gasteiger partial charge in [0, 0.05) is 22.5 Å². The van der Waals surface area contributed by atoms with Crippen LogP contribution < -0.4 is 22.1 Å². The maximum Gasteiger partial charge on any atom is 0.257 e. The van der Waals surface area contributed by atoms with E-state index < -0.39 is 9.84 Å². The Labute approximate surface area is 241 Å². The van der Waals surface area contributed by atoms with Crippen molar-refractivity contribution in [3.8, 4) is 0 Å². The van der Waals surface area contributed by atoms with E-state index in [9.17, 15) is 18.0 Å². The van der Waals surface area contributed by atoms with E-state index in [1.165, 1.54) is 46.9 Å². The lowest BCUT2D eigenvalue weighted by Crippen LogP contribution is -2.11. The van der Waals surface area contributed by atoms with Crippen molar-refractivity contribution in [2.45, 2.75) is 9.79 Å². The first-order chi connectivity index (χ1) is 19.7. The normalized spacial score (nSPS) is 11.5.